The van der Waals surface area contributed by atoms with Gasteiger partial charge in [-0.15, -0.1) is 0 Å². The molecule has 4 aliphatic rings. The van der Waals surface area contributed by atoms with E-state index in [4.69, 9.17) is 17.2 Å². The van der Waals surface area contributed by atoms with Crippen LogP contribution < -0.4 is 32.3 Å². The molecule has 0 saturated carbocycles. The molecule has 4 heterocycles. The van der Waals surface area contributed by atoms with Gasteiger partial charge in [-0.05, 0) is 138 Å². The third-order valence-electron chi connectivity index (χ3n) is 24.2. The van der Waals surface area contributed by atoms with E-state index in [1.165, 1.54) is 124 Å². The maximum Gasteiger partial charge on any atom is 0.309 e. The molecule has 103 heavy (non-hydrogen) atoms. The predicted molar refractivity (Wildman–Crippen MR) is 438 cm³/mol. The Labute approximate surface area is 625 Å². The maximum atomic E-state index is 13.2. The summed E-state index contributed by atoms with van der Waals surface area (Å²) in [6.45, 7) is 56.9. The van der Waals surface area contributed by atoms with Crippen LogP contribution in [0.5, 0.6) is 0 Å². The number of carboxylic acid groups (broad SMARTS) is 1. The fourth-order valence-corrected chi connectivity index (χ4v) is 17.0. The van der Waals surface area contributed by atoms with Gasteiger partial charge in [0, 0.05) is 126 Å². The van der Waals surface area contributed by atoms with Crippen LogP contribution in [0.25, 0.3) is 0 Å². The van der Waals surface area contributed by atoms with Crippen LogP contribution in [0, 0.1) is 13.8 Å². The number of allylic oxidation sites excluding steroid dienone is 8. The van der Waals surface area contributed by atoms with Crippen molar-refractivity contribution in [2.24, 2.45) is 17.2 Å². The number of anilines is 2. The molecule has 8 N–H and O–H groups in total. The lowest BCUT2D eigenvalue weighted by molar-refractivity contribution is -0.923. The molecule has 0 spiro atoms. The third-order valence-corrected chi connectivity index (χ3v) is 24.2. The van der Waals surface area contributed by atoms with Crippen LogP contribution >= 0.6 is 0 Å². The lowest BCUT2D eigenvalue weighted by Crippen LogP contribution is -2.48. The number of carboxylic acids is 1. The first-order chi connectivity index (χ1) is 48.7. The van der Waals surface area contributed by atoms with Crippen LogP contribution in [0.2, 0.25) is 0 Å². The minimum Gasteiger partial charge on any atom is -0.481 e. The van der Waals surface area contributed by atoms with Gasteiger partial charge in [0.1, 0.15) is 6.42 Å². The van der Waals surface area contributed by atoms with E-state index >= 15 is 0 Å². The molecule has 0 fully saturated rings. The van der Waals surface area contributed by atoms with Gasteiger partial charge in [-0.2, -0.15) is 9.15 Å². The highest BCUT2D eigenvalue weighted by Crippen LogP contribution is 2.50. The average Bonchev–Trinajstić information content (AvgIpc) is 1.61. The second-order valence-corrected chi connectivity index (χ2v) is 33.2. The zero-order valence-corrected chi connectivity index (χ0v) is 68.4. The Hall–Kier alpha value is -6.56. The van der Waals surface area contributed by atoms with Crippen molar-refractivity contribution in [3.05, 3.63) is 166 Å². The van der Waals surface area contributed by atoms with Crippen molar-refractivity contribution in [2.45, 2.75) is 184 Å². The number of rotatable bonds is 37. The number of carbonyl (C=O) groups is 2. The van der Waals surface area contributed by atoms with E-state index in [0.717, 1.165) is 122 Å². The van der Waals surface area contributed by atoms with Crippen molar-refractivity contribution in [1.29, 1.82) is 0 Å². The van der Waals surface area contributed by atoms with Crippen molar-refractivity contribution < 1.29 is 41.8 Å². The van der Waals surface area contributed by atoms with Gasteiger partial charge < -0.3 is 55.4 Å². The van der Waals surface area contributed by atoms with E-state index in [-0.39, 0.29) is 34.0 Å². The molecule has 8 rings (SSSR count). The summed E-state index contributed by atoms with van der Waals surface area (Å²) in [6.07, 6.45) is 20.7. The Bertz CT molecular complexity index is 3620. The molecule has 1 amide bonds. The predicted octanol–water partition coefficient (Wildman–Crippen LogP) is 14.3. The molecule has 4 aromatic carbocycles. The topological polar surface area (TPSA) is 157 Å². The number of hydrogen-bond donors (Lipinski definition) is 5. The number of hydrogen-bond acceptors (Lipinski definition) is 7. The van der Waals surface area contributed by atoms with Crippen LogP contribution in [-0.4, -0.2) is 215 Å². The van der Waals surface area contributed by atoms with E-state index in [1.54, 1.807) is 0 Å². The Morgan fingerprint density at radius 1 is 0.466 bits per heavy atom. The first kappa shape index (κ1) is 85.4. The number of nitrogens with zero attached hydrogens (tertiary/aromatic N) is 8. The van der Waals surface area contributed by atoms with E-state index in [2.05, 4.69) is 285 Å². The Kier molecular flexibility index (Phi) is 31.2. The molecule has 15 nitrogen and oxygen atoms in total. The van der Waals surface area contributed by atoms with E-state index in [9.17, 15) is 14.7 Å². The molecule has 0 aromatic heterocycles. The number of amides is 1. The van der Waals surface area contributed by atoms with Crippen LogP contribution in [0.15, 0.2) is 133 Å². The number of nitrogens with one attached hydrogen (secondary N) is 1. The molecule has 0 bridgehead atoms. The summed E-state index contributed by atoms with van der Waals surface area (Å²) in [5.41, 5.74) is 33.9. The number of quaternary nitrogens is 4. The van der Waals surface area contributed by atoms with E-state index in [1.807, 2.05) is 0 Å². The Balaban J connectivity index is 0.000000286. The Morgan fingerprint density at radius 3 is 1.17 bits per heavy atom. The van der Waals surface area contributed by atoms with Crippen LogP contribution in [0.1, 0.15) is 182 Å². The van der Waals surface area contributed by atoms with Gasteiger partial charge in [0.25, 0.3) is 0 Å². The van der Waals surface area contributed by atoms with Crippen molar-refractivity contribution in [1.82, 2.24) is 5.32 Å². The number of aryl methyl sites for hydroxylation is 2. The van der Waals surface area contributed by atoms with E-state index < -0.39 is 5.97 Å². The SMILES string of the molecule is CC[N+](CC)(CC)CCCN1C(=CC=CC2=[N+](CCC(=O)NCCC[N+](C)(C)CCCN)c3c(C)cccc3C2(C)C)C(C)(C)c2ccccc21.CC[N+](CC)(CC)CCCN1C(=CC=CC2=[N+](CCC(=O)O)c3c(C)cccc3C2(C)C)C(C)(C)c2ccccc21.C[N+](C)(CCCN)CCCN. The van der Waals surface area contributed by atoms with Gasteiger partial charge >= 0.3 is 5.97 Å². The minimum atomic E-state index is -0.770. The van der Waals surface area contributed by atoms with Gasteiger partial charge in [-0.1, -0.05) is 113 Å². The number of benzene rings is 4. The fraction of sp³-hybridized carbons (Fsp3) is 0.591. The monoisotopic (exact) mass is 1420 g/mol. The van der Waals surface area contributed by atoms with Gasteiger partial charge in [0.2, 0.25) is 17.3 Å². The molecule has 0 unspecified atom stereocenters. The molecular formula is C88H144N12O3+6. The summed E-state index contributed by atoms with van der Waals surface area (Å²) in [4.78, 5) is 29.9. The second kappa shape index (κ2) is 37.6. The average molecular weight is 1420 g/mol. The molecule has 15 heteroatoms. The van der Waals surface area contributed by atoms with Gasteiger partial charge in [-0.25, -0.2) is 0 Å². The van der Waals surface area contributed by atoms with Crippen molar-refractivity contribution in [2.75, 3.05) is 169 Å². The standard InChI is InChI=1S/C44H70N6O.C36H50N3O2.C8H22N3/c1-11-50(12-2,13-3)34-20-30-47-38-24-15-14-22-36(38)43(5,6)39(47)25-17-26-40-44(7,8)37-23-16-21-35(4)42(37)48(40)31-27-41(51)46-29-19-33-49(9,10)32-18-28-45;1-9-39(10-2,11-3)26-16-24-37-30-20-13-12-18-28(30)35(5,6)31(37)21-15-22-32-36(7,8)29-19-14-17-27(4)34(29)38(32)25-23-33(40)41;1-11(2,7-3-5-9)8-4-6-10/h14-17,21-26H,11-13,18-20,27-34,45H2,1-10H3;12-15,17-22H,9-11,16,23-26H2,1-8H3;3-10H2,1-2H3/q+2;2*+1/p+2. The summed E-state index contributed by atoms with van der Waals surface area (Å²) >= 11 is 0. The molecule has 0 atom stereocenters. The lowest BCUT2D eigenvalue weighted by Gasteiger charge is -2.36. The summed E-state index contributed by atoms with van der Waals surface area (Å²) in [5.74, 6) is -0.654. The highest BCUT2D eigenvalue weighted by atomic mass is 16.4. The minimum absolute atomic E-state index is 0.0984. The smallest absolute Gasteiger partial charge is 0.309 e. The number of aliphatic carboxylic acids is 1. The van der Waals surface area contributed by atoms with E-state index in [0.29, 0.717) is 26.1 Å². The fourth-order valence-electron chi connectivity index (χ4n) is 17.0. The molecule has 4 aromatic rings. The zero-order chi connectivity index (χ0) is 76.2. The van der Waals surface area contributed by atoms with Gasteiger partial charge in [-0.3, -0.25) is 9.59 Å². The quantitative estimate of drug-likeness (QED) is 0.0170. The molecular weight excluding hydrogens is 1270 g/mol. The highest BCUT2D eigenvalue weighted by molar-refractivity contribution is 6.04. The third kappa shape index (κ3) is 20.7. The molecule has 568 valence electrons. The first-order valence-electron chi connectivity index (χ1n) is 39.7. The zero-order valence-electron chi connectivity index (χ0n) is 68.4. The lowest BCUT2D eigenvalue weighted by atomic mass is 9.80. The van der Waals surface area contributed by atoms with Crippen LogP contribution in [-0.2, 0) is 31.2 Å². The van der Waals surface area contributed by atoms with Gasteiger partial charge in [0.15, 0.2) is 24.5 Å². The summed E-state index contributed by atoms with van der Waals surface area (Å²) in [6, 6.07) is 30.9. The van der Waals surface area contributed by atoms with Gasteiger partial charge in [0.05, 0.1) is 124 Å². The van der Waals surface area contributed by atoms with Crippen LogP contribution in [0.3, 0.4) is 0 Å². The maximum absolute atomic E-state index is 13.2. The number of carbonyl (C=O) groups excluding carboxylic acids is 1. The molecule has 0 radical (unpaired) electrons. The molecule has 4 aliphatic heterocycles. The van der Waals surface area contributed by atoms with Crippen molar-refractivity contribution in [3.63, 3.8) is 0 Å². The summed E-state index contributed by atoms with van der Waals surface area (Å²) < 4.78 is 8.97. The number of nitrogens with two attached hydrogens (primary N) is 3. The number of fused-ring (bicyclic) bond motifs is 4. The summed E-state index contributed by atoms with van der Waals surface area (Å²) in [5, 5.41) is 12.7. The highest BCUT2D eigenvalue weighted by Gasteiger charge is 2.48. The number of para-hydroxylation sites is 4. The van der Waals surface area contributed by atoms with Crippen LogP contribution in [0.4, 0.5) is 22.7 Å². The summed E-state index contributed by atoms with van der Waals surface area (Å²) in [7, 11) is 8.94. The Morgan fingerprint density at radius 2 is 0.816 bits per heavy atom. The first-order valence-corrected chi connectivity index (χ1v) is 39.7. The van der Waals surface area contributed by atoms with Crippen molar-refractivity contribution >= 4 is 46.0 Å². The largest absolute Gasteiger partial charge is 0.481 e. The van der Waals surface area contributed by atoms with Crippen molar-refractivity contribution in [3.8, 4) is 0 Å². The molecule has 0 saturated heterocycles. The molecule has 0 aliphatic carbocycles. The second-order valence-electron chi connectivity index (χ2n) is 33.2. The normalized spacial score (nSPS) is 17.3.